The van der Waals surface area contributed by atoms with Crippen LogP contribution in [0.1, 0.15) is 59.6 Å². The highest BCUT2D eigenvalue weighted by Gasteiger charge is 2.11. The Morgan fingerprint density at radius 1 is 0.935 bits per heavy atom. The average molecular weight is 418 g/mol. The minimum Gasteiger partial charge on any atom is -0.491 e. The number of nitrogens with zero attached hydrogens (tertiary/aromatic N) is 1. The zero-order valence-corrected chi connectivity index (χ0v) is 19.8. The van der Waals surface area contributed by atoms with E-state index in [0.717, 1.165) is 28.2 Å². The Bertz CT molecular complexity index is 938. The smallest absolute Gasteiger partial charge is 0.120 e. The van der Waals surface area contributed by atoms with E-state index in [2.05, 4.69) is 37.0 Å². The fourth-order valence-corrected chi connectivity index (χ4v) is 3.03. The molecule has 0 saturated heterocycles. The van der Waals surface area contributed by atoms with Crippen molar-refractivity contribution in [1.82, 2.24) is 0 Å². The van der Waals surface area contributed by atoms with Crippen LogP contribution in [0.5, 0.6) is 11.5 Å². The first kappa shape index (κ1) is 24.2. The largest absolute Gasteiger partial charge is 0.491 e. The topological polar surface area (TPSA) is 30.8 Å². The maximum absolute atomic E-state index is 5.85. The van der Waals surface area contributed by atoms with Gasteiger partial charge in [0.15, 0.2) is 0 Å². The first-order chi connectivity index (χ1) is 14.7. The van der Waals surface area contributed by atoms with E-state index in [1.54, 1.807) is 6.20 Å². The van der Waals surface area contributed by atoms with E-state index in [1.807, 2.05) is 89.4 Å². The van der Waals surface area contributed by atoms with Gasteiger partial charge in [0.25, 0.3) is 0 Å². The van der Waals surface area contributed by atoms with Gasteiger partial charge in [-0.1, -0.05) is 30.3 Å². The molecule has 3 nitrogen and oxygen atoms in total. The van der Waals surface area contributed by atoms with Crippen molar-refractivity contribution in [1.29, 1.82) is 0 Å². The Hall–Kier alpha value is -3.07. The summed E-state index contributed by atoms with van der Waals surface area (Å²) in [5.74, 6) is 1.76. The second-order valence-electron chi connectivity index (χ2n) is 8.64. The van der Waals surface area contributed by atoms with E-state index in [0.29, 0.717) is 0 Å². The summed E-state index contributed by atoms with van der Waals surface area (Å²) in [6.45, 7) is 14.3. The molecule has 0 aliphatic heterocycles. The Kier molecular flexibility index (Phi) is 8.87. The molecule has 0 saturated carbocycles. The SMILES string of the molecule is C\C=C(/C(C)=C\C=N\C=C\c1ccc(OC(C)(C)C)cc1)c1ccc(OC(C)C)cc1. The van der Waals surface area contributed by atoms with Crippen LogP contribution in [0.2, 0.25) is 0 Å². The molecule has 0 amide bonds. The molecule has 0 fully saturated rings. The monoisotopic (exact) mass is 417 g/mol. The fraction of sp³-hybridized carbons (Fsp3) is 0.321. The van der Waals surface area contributed by atoms with Crippen LogP contribution in [0.25, 0.3) is 11.6 Å². The molecule has 0 N–H and O–H groups in total. The molecule has 2 aromatic rings. The molecule has 0 bridgehead atoms. The van der Waals surface area contributed by atoms with Crippen LogP contribution in [-0.2, 0) is 0 Å². The third kappa shape index (κ3) is 8.67. The van der Waals surface area contributed by atoms with Crippen LogP contribution in [0.4, 0.5) is 0 Å². The number of ether oxygens (including phenoxy) is 2. The van der Waals surface area contributed by atoms with Crippen molar-refractivity contribution in [3.63, 3.8) is 0 Å². The minimum absolute atomic E-state index is 0.174. The summed E-state index contributed by atoms with van der Waals surface area (Å²) in [5.41, 5.74) is 4.38. The van der Waals surface area contributed by atoms with Crippen molar-refractivity contribution in [3.8, 4) is 11.5 Å². The van der Waals surface area contributed by atoms with Gasteiger partial charge in [-0.3, -0.25) is 4.99 Å². The van der Waals surface area contributed by atoms with Gasteiger partial charge in [0, 0.05) is 12.4 Å². The number of hydrogen-bond acceptors (Lipinski definition) is 3. The van der Waals surface area contributed by atoms with Crippen molar-refractivity contribution in [2.24, 2.45) is 4.99 Å². The van der Waals surface area contributed by atoms with E-state index >= 15 is 0 Å². The highest BCUT2D eigenvalue weighted by atomic mass is 16.5. The molecule has 0 aliphatic carbocycles. The van der Waals surface area contributed by atoms with Crippen LogP contribution in [0.15, 0.2) is 77.4 Å². The van der Waals surface area contributed by atoms with Gasteiger partial charge in [-0.2, -0.15) is 0 Å². The maximum atomic E-state index is 5.85. The molecule has 0 unspecified atom stereocenters. The minimum atomic E-state index is -0.193. The number of benzene rings is 2. The van der Waals surface area contributed by atoms with Crippen molar-refractivity contribution in [2.45, 2.75) is 60.2 Å². The highest BCUT2D eigenvalue weighted by molar-refractivity contribution is 5.85. The van der Waals surface area contributed by atoms with Crippen molar-refractivity contribution in [2.75, 3.05) is 0 Å². The highest BCUT2D eigenvalue weighted by Crippen LogP contribution is 2.25. The number of rotatable bonds is 8. The Balaban J connectivity index is 1.98. The zero-order chi connectivity index (χ0) is 22.9. The molecule has 2 rings (SSSR count). The summed E-state index contributed by atoms with van der Waals surface area (Å²) < 4.78 is 11.6. The van der Waals surface area contributed by atoms with E-state index in [9.17, 15) is 0 Å². The normalized spacial score (nSPS) is 13.4. The molecule has 0 aliphatic rings. The summed E-state index contributed by atoms with van der Waals surface area (Å²) >= 11 is 0. The van der Waals surface area contributed by atoms with Crippen LogP contribution in [-0.4, -0.2) is 17.9 Å². The van der Waals surface area contributed by atoms with Gasteiger partial charge in [-0.15, -0.1) is 0 Å². The van der Waals surface area contributed by atoms with Gasteiger partial charge in [0.1, 0.15) is 17.1 Å². The quantitative estimate of drug-likeness (QED) is 0.325. The van der Waals surface area contributed by atoms with Crippen molar-refractivity contribution >= 4 is 17.9 Å². The van der Waals surface area contributed by atoms with Crippen LogP contribution >= 0.6 is 0 Å². The molecule has 31 heavy (non-hydrogen) atoms. The molecule has 0 spiro atoms. The molecule has 0 heterocycles. The predicted octanol–water partition coefficient (Wildman–Crippen LogP) is 7.74. The molecule has 3 heteroatoms. The van der Waals surface area contributed by atoms with E-state index in [4.69, 9.17) is 9.47 Å². The summed E-state index contributed by atoms with van der Waals surface area (Å²) in [7, 11) is 0. The van der Waals surface area contributed by atoms with E-state index in [-0.39, 0.29) is 11.7 Å². The predicted molar refractivity (Wildman–Crippen MR) is 134 cm³/mol. The number of allylic oxidation sites excluding steroid dienone is 4. The van der Waals surface area contributed by atoms with Crippen LogP contribution in [0.3, 0.4) is 0 Å². The van der Waals surface area contributed by atoms with Crippen LogP contribution in [0, 0.1) is 0 Å². The zero-order valence-electron chi connectivity index (χ0n) is 19.8. The van der Waals surface area contributed by atoms with Crippen molar-refractivity contribution in [3.05, 3.63) is 83.6 Å². The first-order valence-electron chi connectivity index (χ1n) is 10.8. The van der Waals surface area contributed by atoms with Crippen molar-refractivity contribution < 1.29 is 9.47 Å². The summed E-state index contributed by atoms with van der Waals surface area (Å²) in [6.07, 6.45) is 9.92. The van der Waals surface area contributed by atoms with Gasteiger partial charge < -0.3 is 9.47 Å². The first-order valence-corrected chi connectivity index (χ1v) is 10.8. The lowest BCUT2D eigenvalue weighted by atomic mass is 9.98. The molecular weight excluding hydrogens is 382 g/mol. The Morgan fingerprint density at radius 3 is 2.10 bits per heavy atom. The Morgan fingerprint density at radius 2 is 1.55 bits per heavy atom. The second kappa shape index (κ2) is 11.4. The molecule has 164 valence electrons. The fourth-order valence-electron chi connectivity index (χ4n) is 3.03. The lowest BCUT2D eigenvalue weighted by Crippen LogP contribution is -2.22. The van der Waals surface area contributed by atoms with E-state index < -0.39 is 0 Å². The summed E-state index contributed by atoms with van der Waals surface area (Å²) in [4.78, 5) is 4.39. The standard InChI is InChI=1S/C28H35NO2/c1-8-27(24-11-15-25(16-12-24)30-21(2)3)22(4)17-19-29-20-18-23-9-13-26(14-10-23)31-28(5,6)7/h8-21H,1-7H3/b20-18+,22-17-,27-8+,29-19+. The molecule has 0 atom stereocenters. The second-order valence-corrected chi connectivity index (χ2v) is 8.64. The lowest BCUT2D eigenvalue weighted by Gasteiger charge is -2.21. The summed E-state index contributed by atoms with van der Waals surface area (Å²) in [5, 5.41) is 0. The number of aliphatic imine (C=N–C) groups is 1. The van der Waals surface area contributed by atoms with E-state index in [1.165, 1.54) is 5.57 Å². The maximum Gasteiger partial charge on any atom is 0.120 e. The third-order valence-corrected chi connectivity index (χ3v) is 4.32. The average Bonchev–Trinajstić information content (AvgIpc) is 2.69. The third-order valence-electron chi connectivity index (χ3n) is 4.32. The molecular formula is C28H35NO2. The summed E-state index contributed by atoms with van der Waals surface area (Å²) in [6, 6.07) is 16.2. The molecule has 2 aromatic carbocycles. The van der Waals surface area contributed by atoms with Gasteiger partial charge in [0.2, 0.25) is 0 Å². The van der Waals surface area contributed by atoms with Gasteiger partial charge in [-0.25, -0.2) is 0 Å². The van der Waals surface area contributed by atoms with Crippen LogP contribution < -0.4 is 9.47 Å². The van der Waals surface area contributed by atoms with Gasteiger partial charge in [-0.05, 0) is 107 Å². The molecule has 0 radical (unpaired) electrons. The lowest BCUT2D eigenvalue weighted by molar-refractivity contribution is 0.131. The van der Waals surface area contributed by atoms with Gasteiger partial charge >= 0.3 is 0 Å². The number of hydrogen-bond donors (Lipinski definition) is 0. The Labute approximate surface area is 187 Å². The molecule has 0 aromatic heterocycles. The van der Waals surface area contributed by atoms with Gasteiger partial charge in [0.05, 0.1) is 6.10 Å².